The van der Waals surface area contributed by atoms with Crippen LogP contribution in [0.4, 0.5) is 0 Å². The van der Waals surface area contributed by atoms with Gasteiger partial charge in [0.1, 0.15) is 0 Å². The van der Waals surface area contributed by atoms with Crippen molar-refractivity contribution in [2.75, 3.05) is 33.5 Å². The van der Waals surface area contributed by atoms with E-state index in [1.165, 1.54) is 0 Å². The molecule has 6 heteroatoms. The molecule has 0 unspecified atom stereocenters. The molecule has 1 rings (SSSR count). The lowest BCUT2D eigenvalue weighted by Crippen LogP contribution is -2.08. The van der Waals surface area contributed by atoms with Crippen LogP contribution in [0.15, 0.2) is 6.20 Å². The van der Waals surface area contributed by atoms with E-state index >= 15 is 0 Å². The maximum absolute atomic E-state index is 5.67. The monoisotopic (exact) mass is 260 g/mol. The quantitative estimate of drug-likeness (QED) is 0.528. The topological polar surface area (TPSA) is 53.5 Å². The Hall–Kier alpha value is -0.910. The number of aromatic nitrogens is 2. The van der Waals surface area contributed by atoms with Gasteiger partial charge in [0.15, 0.2) is 0 Å². The number of aryl methyl sites for hydroxylation is 1. The van der Waals surface area contributed by atoms with Crippen LogP contribution < -0.4 is 4.74 Å². The minimum absolute atomic E-state index is 0.196. The summed E-state index contributed by atoms with van der Waals surface area (Å²) in [4.78, 5) is 7.84. The van der Waals surface area contributed by atoms with Gasteiger partial charge < -0.3 is 14.2 Å². The minimum Gasteiger partial charge on any atom is -0.477 e. The molecule has 0 amide bonds. The van der Waals surface area contributed by atoms with E-state index < -0.39 is 0 Å². The highest BCUT2D eigenvalue weighted by Gasteiger charge is 2.03. The van der Waals surface area contributed by atoms with Crippen LogP contribution in [0.1, 0.15) is 12.0 Å². The predicted molar refractivity (Wildman–Crippen MR) is 64.6 cm³/mol. The van der Waals surface area contributed by atoms with Gasteiger partial charge in [-0.15, -0.1) is 0 Å². The summed E-state index contributed by atoms with van der Waals surface area (Å²) in [6, 6.07) is 0. The molecule has 17 heavy (non-hydrogen) atoms. The van der Waals surface area contributed by atoms with Gasteiger partial charge in [0, 0.05) is 31.9 Å². The summed E-state index contributed by atoms with van der Waals surface area (Å²) in [6.07, 6.45) is 2.44. The van der Waals surface area contributed by atoms with Gasteiger partial charge in [-0.3, -0.25) is 0 Å². The zero-order chi connectivity index (χ0) is 12.5. The molecule has 0 saturated heterocycles. The Morgan fingerprint density at radius 3 is 2.82 bits per heavy atom. The van der Waals surface area contributed by atoms with Crippen LogP contribution in [0.25, 0.3) is 0 Å². The Bertz CT molecular complexity index is 336. The molecular weight excluding hydrogens is 244 g/mol. The fraction of sp³-hybridized carbons (Fsp3) is 0.636. The second-order valence-electron chi connectivity index (χ2n) is 3.43. The Labute approximate surface area is 106 Å². The summed E-state index contributed by atoms with van der Waals surface area (Å²) >= 11 is 5.67. The molecule has 0 aliphatic rings. The SMILES string of the molecule is COCCOCCCOc1nc(Cl)ncc1C. The first kappa shape index (κ1) is 14.2. The molecule has 5 nitrogen and oxygen atoms in total. The van der Waals surface area contributed by atoms with Crippen LogP contribution in [0.3, 0.4) is 0 Å². The standard InChI is InChI=1S/C11H17ClN2O3/c1-9-8-13-11(12)14-10(9)17-5-3-4-16-7-6-15-2/h8H,3-7H2,1-2H3. The largest absolute Gasteiger partial charge is 0.477 e. The van der Waals surface area contributed by atoms with Crippen LogP contribution in [-0.2, 0) is 9.47 Å². The first-order valence-electron chi connectivity index (χ1n) is 5.42. The summed E-state index contributed by atoms with van der Waals surface area (Å²) < 4.78 is 15.6. The van der Waals surface area contributed by atoms with Gasteiger partial charge in [-0.25, -0.2) is 4.98 Å². The molecule has 96 valence electrons. The van der Waals surface area contributed by atoms with Crippen molar-refractivity contribution in [1.29, 1.82) is 0 Å². The van der Waals surface area contributed by atoms with Crippen LogP contribution in [0.5, 0.6) is 5.88 Å². The number of nitrogens with zero attached hydrogens (tertiary/aromatic N) is 2. The molecule has 0 radical (unpaired) electrons. The molecule has 0 atom stereocenters. The second kappa shape index (κ2) is 8.22. The summed E-state index contributed by atoms with van der Waals surface area (Å²) in [5, 5.41) is 0.196. The predicted octanol–water partition coefficient (Wildman–Crippen LogP) is 1.87. The minimum atomic E-state index is 0.196. The molecule has 0 N–H and O–H groups in total. The van der Waals surface area contributed by atoms with E-state index in [1.54, 1.807) is 13.3 Å². The van der Waals surface area contributed by atoms with Crippen LogP contribution >= 0.6 is 11.6 Å². The first-order chi connectivity index (χ1) is 8.24. The number of hydrogen-bond acceptors (Lipinski definition) is 5. The van der Waals surface area contributed by atoms with E-state index in [1.807, 2.05) is 6.92 Å². The zero-order valence-corrected chi connectivity index (χ0v) is 10.9. The Morgan fingerprint density at radius 1 is 1.24 bits per heavy atom. The van der Waals surface area contributed by atoms with E-state index in [0.29, 0.717) is 32.3 Å². The van der Waals surface area contributed by atoms with Gasteiger partial charge in [-0.1, -0.05) is 0 Å². The molecule has 0 aliphatic carbocycles. The van der Waals surface area contributed by atoms with Crippen molar-refractivity contribution < 1.29 is 14.2 Å². The van der Waals surface area contributed by atoms with Gasteiger partial charge in [-0.2, -0.15) is 4.98 Å². The van der Waals surface area contributed by atoms with Crippen LogP contribution in [0, 0.1) is 6.92 Å². The zero-order valence-electron chi connectivity index (χ0n) is 10.1. The van der Waals surface area contributed by atoms with Crippen LogP contribution in [0.2, 0.25) is 5.28 Å². The van der Waals surface area contributed by atoms with Crippen molar-refractivity contribution in [2.24, 2.45) is 0 Å². The molecule has 0 aromatic carbocycles. The maximum atomic E-state index is 5.67. The Balaban J connectivity index is 2.15. The van der Waals surface area contributed by atoms with Gasteiger partial charge in [0.05, 0.1) is 19.8 Å². The highest BCUT2D eigenvalue weighted by Crippen LogP contribution is 2.15. The lowest BCUT2D eigenvalue weighted by Gasteiger charge is -2.07. The highest BCUT2D eigenvalue weighted by molar-refractivity contribution is 6.28. The lowest BCUT2D eigenvalue weighted by molar-refractivity contribution is 0.0641. The number of ether oxygens (including phenoxy) is 3. The van der Waals surface area contributed by atoms with Gasteiger partial charge in [0.25, 0.3) is 0 Å². The summed E-state index contributed by atoms with van der Waals surface area (Å²) in [5.74, 6) is 0.530. The molecule has 1 aromatic heterocycles. The molecule has 0 aliphatic heterocycles. The Kier molecular flexibility index (Phi) is 6.84. The summed E-state index contributed by atoms with van der Waals surface area (Å²) in [7, 11) is 1.65. The molecule has 0 spiro atoms. The number of halogens is 1. The molecule has 0 bridgehead atoms. The van der Waals surface area contributed by atoms with Gasteiger partial charge in [-0.05, 0) is 18.5 Å². The van der Waals surface area contributed by atoms with Gasteiger partial charge in [0.2, 0.25) is 11.2 Å². The molecule has 1 aromatic rings. The number of methoxy groups -OCH3 is 1. The van der Waals surface area contributed by atoms with E-state index in [9.17, 15) is 0 Å². The third kappa shape index (κ3) is 5.81. The van der Waals surface area contributed by atoms with Crippen molar-refractivity contribution in [3.63, 3.8) is 0 Å². The highest BCUT2D eigenvalue weighted by atomic mass is 35.5. The third-order valence-electron chi connectivity index (χ3n) is 2.00. The van der Waals surface area contributed by atoms with Gasteiger partial charge >= 0.3 is 0 Å². The van der Waals surface area contributed by atoms with Crippen molar-refractivity contribution in [3.8, 4) is 5.88 Å². The molecule has 0 saturated carbocycles. The smallest absolute Gasteiger partial charge is 0.225 e. The Morgan fingerprint density at radius 2 is 2.06 bits per heavy atom. The number of rotatable bonds is 8. The average Bonchev–Trinajstić information content (AvgIpc) is 2.32. The van der Waals surface area contributed by atoms with E-state index in [0.717, 1.165) is 12.0 Å². The average molecular weight is 261 g/mol. The summed E-state index contributed by atoms with van der Waals surface area (Å²) in [5.41, 5.74) is 0.870. The summed E-state index contributed by atoms with van der Waals surface area (Å²) in [6.45, 7) is 4.28. The normalized spacial score (nSPS) is 10.5. The second-order valence-corrected chi connectivity index (χ2v) is 3.77. The van der Waals surface area contributed by atoms with Crippen molar-refractivity contribution in [3.05, 3.63) is 17.0 Å². The first-order valence-corrected chi connectivity index (χ1v) is 5.80. The van der Waals surface area contributed by atoms with E-state index in [4.69, 9.17) is 25.8 Å². The van der Waals surface area contributed by atoms with Crippen molar-refractivity contribution in [1.82, 2.24) is 9.97 Å². The molecule has 1 heterocycles. The fourth-order valence-corrected chi connectivity index (χ4v) is 1.25. The fourth-order valence-electron chi connectivity index (χ4n) is 1.13. The number of hydrogen-bond donors (Lipinski definition) is 0. The van der Waals surface area contributed by atoms with Crippen LogP contribution in [-0.4, -0.2) is 43.5 Å². The van der Waals surface area contributed by atoms with Crippen molar-refractivity contribution >= 4 is 11.6 Å². The van der Waals surface area contributed by atoms with Crippen molar-refractivity contribution in [2.45, 2.75) is 13.3 Å². The maximum Gasteiger partial charge on any atom is 0.225 e. The third-order valence-corrected chi connectivity index (χ3v) is 2.18. The molecule has 0 fully saturated rings. The lowest BCUT2D eigenvalue weighted by atomic mass is 10.4. The molecular formula is C11H17ClN2O3. The van der Waals surface area contributed by atoms with E-state index in [-0.39, 0.29) is 5.28 Å². The van der Waals surface area contributed by atoms with E-state index in [2.05, 4.69) is 9.97 Å².